The molecule has 18 heteroatoms. The number of nitrogens with two attached hydrogens (primary N) is 1. The molecule has 0 fully saturated rings. The molecule has 0 aliphatic carbocycles. The monoisotopic (exact) mass is 615 g/mol. The third-order valence-corrected chi connectivity index (χ3v) is 7.04. The fourth-order valence-corrected chi connectivity index (χ4v) is 4.65. The van der Waals surface area contributed by atoms with E-state index in [2.05, 4.69) is 34.2 Å². The van der Waals surface area contributed by atoms with Crippen LogP contribution in [0.2, 0.25) is 0 Å². The quantitative estimate of drug-likeness (QED) is 0.0415. The molecule has 0 aliphatic heterocycles. The Labute approximate surface area is 239 Å². The first-order chi connectivity index (χ1) is 19.8. The zero-order chi connectivity index (χ0) is 29.7. The van der Waals surface area contributed by atoms with Gasteiger partial charge in [-0.2, -0.15) is 14.8 Å². The van der Waals surface area contributed by atoms with E-state index in [0.717, 1.165) is 10.6 Å². The number of carbonyl (C=O) groups is 2. The van der Waals surface area contributed by atoms with Gasteiger partial charge in [-0.25, -0.2) is 9.97 Å². The number of carbonyl (C=O) groups excluding carboxylic acids is 2. The second kappa shape index (κ2) is 16.2. The van der Waals surface area contributed by atoms with Crippen molar-refractivity contribution in [2.75, 3.05) is 39.4 Å². The van der Waals surface area contributed by atoms with Crippen LogP contribution < -0.4 is 10.5 Å². The molecule has 3 rings (SSSR count). The highest BCUT2D eigenvalue weighted by atomic mass is 32.2. The minimum atomic E-state index is -4.20. The predicted octanol–water partition coefficient (Wildman–Crippen LogP) is 3.45. The maximum atomic E-state index is 13.0. The number of nitrogen functional groups attached to an aromatic ring is 1. The lowest BCUT2D eigenvalue weighted by atomic mass is 10.3. The SMILES string of the molecule is CCC(=O)OCOOP(=O)(COCCn1cnc2c(Sc3ccc(OC)cc3)nc(N)nc21)OOCOC(=O)CC. The molecule has 0 saturated carbocycles. The van der Waals surface area contributed by atoms with Crippen molar-refractivity contribution >= 4 is 48.4 Å². The first-order valence-electron chi connectivity index (χ1n) is 12.2. The van der Waals surface area contributed by atoms with Gasteiger partial charge in [-0.1, -0.05) is 25.6 Å². The average Bonchev–Trinajstić information content (AvgIpc) is 3.38. The molecule has 224 valence electrons. The van der Waals surface area contributed by atoms with Crippen LogP contribution in [-0.4, -0.2) is 65.1 Å². The molecule has 0 radical (unpaired) electrons. The molecule has 0 atom stereocenters. The second-order valence-electron chi connectivity index (χ2n) is 7.78. The van der Waals surface area contributed by atoms with Gasteiger partial charge in [0.25, 0.3) is 0 Å². The topological polar surface area (TPSA) is 195 Å². The van der Waals surface area contributed by atoms with E-state index in [1.807, 2.05) is 24.3 Å². The summed E-state index contributed by atoms with van der Waals surface area (Å²) in [7, 11) is -2.61. The summed E-state index contributed by atoms with van der Waals surface area (Å²) in [6, 6.07) is 7.43. The van der Waals surface area contributed by atoms with Gasteiger partial charge in [0.15, 0.2) is 12.0 Å². The van der Waals surface area contributed by atoms with Crippen LogP contribution in [0.5, 0.6) is 5.75 Å². The molecule has 0 spiro atoms. The van der Waals surface area contributed by atoms with Gasteiger partial charge in [0.2, 0.25) is 19.5 Å². The van der Waals surface area contributed by atoms with Gasteiger partial charge in [0, 0.05) is 24.3 Å². The predicted molar refractivity (Wildman–Crippen MR) is 142 cm³/mol. The summed E-state index contributed by atoms with van der Waals surface area (Å²) in [5.41, 5.74) is 6.94. The first-order valence-corrected chi connectivity index (χ1v) is 14.7. The fraction of sp³-hybridized carbons (Fsp3) is 0.435. The molecular formula is C23H30N5O11PS. The Bertz CT molecular complexity index is 1310. The van der Waals surface area contributed by atoms with Crippen molar-refractivity contribution in [3.05, 3.63) is 30.6 Å². The van der Waals surface area contributed by atoms with Crippen LogP contribution in [0.1, 0.15) is 26.7 Å². The van der Waals surface area contributed by atoms with Gasteiger partial charge in [0.05, 0.1) is 20.0 Å². The number of rotatable bonds is 18. The van der Waals surface area contributed by atoms with Gasteiger partial charge in [-0.15, -0.1) is 9.35 Å². The molecule has 0 unspecified atom stereocenters. The Balaban J connectivity index is 1.59. The van der Waals surface area contributed by atoms with Crippen LogP contribution in [-0.2, 0) is 54.0 Å². The summed E-state index contributed by atoms with van der Waals surface area (Å²) in [5.74, 6) is -0.342. The Morgan fingerprint density at radius 2 is 1.63 bits per heavy atom. The molecule has 2 N–H and O–H groups in total. The van der Waals surface area contributed by atoms with Crippen molar-refractivity contribution in [1.29, 1.82) is 0 Å². The molecule has 16 nitrogen and oxygen atoms in total. The average molecular weight is 616 g/mol. The van der Waals surface area contributed by atoms with Crippen LogP contribution in [0.3, 0.4) is 0 Å². The number of ether oxygens (including phenoxy) is 4. The number of imidazole rings is 1. The van der Waals surface area contributed by atoms with E-state index in [1.54, 1.807) is 31.9 Å². The smallest absolute Gasteiger partial charge is 0.409 e. The van der Waals surface area contributed by atoms with Crippen LogP contribution in [0.15, 0.2) is 40.5 Å². The number of nitrogens with zero attached hydrogens (tertiary/aromatic N) is 4. The summed E-state index contributed by atoms with van der Waals surface area (Å²) in [6.07, 6.45) is 1.13. The number of anilines is 1. The van der Waals surface area contributed by atoms with Crippen molar-refractivity contribution in [1.82, 2.24) is 19.5 Å². The summed E-state index contributed by atoms with van der Waals surface area (Å²) in [6.45, 7) is 2.10. The lowest BCUT2D eigenvalue weighted by Crippen LogP contribution is -2.13. The molecule has 41 heavy (non-hydrogen) atoms. The number of fused-ring (bicyclic) bond motifs is 1. The molecule has 0 aliphatic rings. The Hall–Kier alpha value is -3.31. The summed E-state index contributed by atoms with van der Waals surface area (Å²) in [5, 5.41) is 0.561. The Morgan fingerprint density at radius 3 is 2.22 bits per heavy atom. The van der Waals surface area contributed by atoms with E-state index in [4.69, 9.17) is 24.6 Å². The second-order valence-corrected chi connectivity index (χ2v) is 10.6. The first kappa shape index (κ1) is 32.2. The van der Waals surface area contributed by atoms with Crippen LogP contribution in [0.4, 0.5) is 5.95 Å². The highest BCUT2D eigenvalue weighted by Gasteiger charge is 2.29. The maximum Gasteiger partial charge on any atom is 0.409 e. The van der Waals surface area contributed by atoms with Crippen molar-refractivity contribution in [3.63, 3.8) is 0 Å². The van der Waals surface area contributed by atoms with Crippen molar-refractivity contribution in [2.45, 2.75) is 43.2 Å². The summed E-state index contributed by atoms with van der Waals surface area (Å²) >= 11 is 1.37. The number of aromatic nitrogens is 4. The van der Waals surface area contributed by atoms with E-state index < -0.39 is 39.5 Å². The van der Waals surface area contributed by atoms with Gasteiger partial charge in [0.1, 0.15) is 16.3 Å². The minimum absolute atomic E-state index is 0.00265. The molecule has 0 bridgehead atoms. The fourth-order valence-electron chi connectivity index (χ4n) is 2.91. The maximum absolute atomic E-state index is 13.0. The van der Waals surface area contributed by atoms with Gasteiger partial charge >= 0.3 is 19.5 Å². The number of hydrogen-bond donors (Lipinski definition) is 1. The van der Waals surface area contributed by atoms with Gasteiger partial charge in [-0.05, 0) is 24.3 Å². The number of hydrogen-bond acceptors (Lipinski definition) is 16. The normalized spacial score (nSPS) is 11.5. The third-order valence-electron chi connectivity index (χ3n) is 4.90. The van der Waals surface area contributed by atoms with E-state index >= 15 is 0 Å². The van der Waals surface area contributed by atoms with Crippen LogP contribution >= 0.6 is 19.4 Å². The van der Waals surface area contributed by atoms with Crippen LogP contribution in [0.25, 0.3) is 11.2 Å². The van der Waals surface area contributed by atoms with Gasteiger partial charge in [-0.3, -0.25) is 14.2 Å². The van der Waals surface area contributed by atoms with Gasteiger partial charge < -0.3 is 29.2 Å². The molecule has 0 saturated heterocycles. The standard InChI is InChI=1S/C23H30N5O11PS/c1-4-18(29)34-13-36-38-40(31,39-37-14-35-19(30)5-2)15-33-11-10-28-12-25-20-21(28)26-23(24)27-22(20)41-17-8-6-16(32-3)7-9-17/h6-9,12H,4-5,10-11,13-15H2,1-3H3,(H2,24,26,27). The summed E-state index contributed by atoms with van der Waals surface area (Å²) < 4.78 is 44.2. The zero-order valence-corrected chi connectivity index (χ0v) is 24.3. The zero-order valence-electron chi connectivity index (χ0n) is 22.5. The van der Waals surface area contributed by atoms with Crippen molar-refractivity contribution in [3.8, 4) is 5.75 Å². The number of methoxy groups -OCH3 is 1. The van der Waals surface area contributed by atoms with Crippen LogP contribution in [0, 0.1) is 0 Å². The lowest BCUT2D eigenvalue weighted by molar-refractivity contribution is -0.310. The largest absolute Gasteiger partial charge is 0.497 e. The van der Waals surface area contributed by atoms with E-state index in [-0.39, 0.29) is 31.9 Å². The number of esters is 2. The highest BCUT2D eigenvalue weighted by Crippen LogP contribution is 2.48. The minimum Gasteiger partial charge on any atom is -0.497 e. The molecule has 2 aromatic heterocycles. The third kappa shape index (κ3) is 10.2. The Kier molecular flexibility index (Phi) is 12.7. The molecule has 2 heterocycles. The van der Waals surface area contributed by atoms with Crippen molar-refractivity contribution in [2.24, 2.45) is 0 Å². The van der Waals surface area contributed by atoms with Crippen molar-refractivity contribution < 1.29 is 52.2 Å². The molecule has 3 aromatic rings. The number of benzene rings is 1. The molecular weight excluding hydrogens is 585 g/mol. The van der Waals surface area contributed by atoms with E-state index in [9.17, 15) is 14.2 Å². The molecule has 0 amide bonds. The van der Waals surface area contributed by atoms with E-state index in [1.165, 1.54) is 11.8 Å². The summed E-state index contributed by atoms with van der Waals surface area (Å²) in [4.78, 5) is 45.7. The molecule has 1 aromatic carbocycles. The van der Waals surface area contributed by atoms with E-state index in [0.29, 0.717) is 16.2 Å². The lowest BCUT2D eigenvalue weighted by Gasteiger charge is -2.16. The highest BCUT2D eigenvalue weighted by molar-refractivity contribution is 7.99. The Morgan fingerprint density at radius 1 is 1.00 bits per heavy atom.